The van der Waals surface area contributed by atoms with Crippen molar-refractivity contribution in [1.82, 2.24) is 0 Å². The predicted octanol–water partition coefficient (Wildman–Crippen LogP) is 11.7. The first-order valence-corrected chi connectivity index (χ1v) is 14.6. The second kappa shape index (κ2) is 14.4. The number of hydrogen-bond acceptors (Lipinski definition) is 0. The Balaban J connectivity index is 0.00000253. The van der Waals surface area contributed by atoms with Crippen molar-refractivity contribution in [2.75, 3.05) is 0 Å². The molecule has 210 valence electrons. The fraction of sp³-hybridized carbons (Fsp3) is 0.474. The molecule has 0 aliphatic carbocycles. The van der Waals surface area contributed by atoms with E-state index in [2.05, 4.69) is 106 Å². The molecule has 4 rings (SSSR count). The first-order chi connectivity index (χ1) is 17.1. The maximum absolute atomic E-state index is 2.50. The molecule has 0 spiro atoms. The van der Waals surface area contributed by atoms with Crippen molar-refractivity contribution >= 4 is 21.5 Å². The van der Waals surface area contributed by atoms with E-state index in [1.807, 2.05) is 0 Å². The Kier molecular flexibility index (Phi) is 13.2. The molecule has 4 aromatic rings. The van der Waals surface area contributed by atoms with Crippen LogP contribution in [0.15, 0.2) is 36.4 Å². The summed E-state index contributed by atoms with van der Waals surface area (Å²) in [6.07, 6.45) is 4.47. The maximum Gasteiger partial charge on any atom is 4.00 e. The number of rotatable bonds is 9. The topological polar surface area (TPSA) is 0 Å². The monoisotopic (exact) mass is 600 g/mol. The van der Waals surface area contributed by atoms with Gasteiger partial charge < -0.3 is 14.9 Å². The van der Waals surface area contributed by atoms with Crippen molar-refractivity contribution in [3.8, 4) is 0 Å². The summed E-state index contributed by atoms with van der Waals surface area (Å²) in [4.78, 5) is 0. The number of fused-ring (bicyclic) bond motifs is 2. The summed E-state index contributed by atoms with van der Waals surface area (Å²) in [5.41, 5.74) is 12.3. The minimum Gasteiger partial charge on any atom is -0.358 e. The average Bonchev–Trinajstić information content (AvgIpc) is 3.38. The van der Waals surface area contributed by atoms with Gasteiger partial charge in [-0.2, -0.15) is 11.1 Å². The van der Waals surface area contributed by atoms with Gasteiger partial charge in [0.15, 0.2) is 0 Å². The van der Waals surface area contributed by atoms with E-state index in [0.29, 0.717) is 23.7 Å². The average molecular weight is 602 g/mol. The Bertz CT molecular complexity index is 1250. The Morgan fingerprint density at radius 3 is 1.13 bits per heavy atom. The van der Waals surface area contributed by atoms with Gasteiger partial charge in [0.25, 0.3) is 0 Å². The normalized spacial score (nSPS) is 11.5. The smallest absolute Gasteiger partial charge is 0.358 e. The molecule has 0 saturated carbocycles. The van der Waals surface area contributed by atoms with Crippen LogP contribution in [0.1, 0.15) is 137 Å². The second-order valence-electron chi connectivity index (χ2n) is 12.3. The minimum atomic E-state index is 0. The van der Waals surface area contributed by atoms with Gasteiger partial charge in [0.05, 0.1) is 0 Å². The maximum atomic E-state index is 2.50. The van der Waals surface area contributed by atoms with Crippen LogP contribution >= 0.6 is 0 Å². The Hall–Kier alpha value is -1.46. The molecule has 0 aliphatic heterocycles. The molecule has 0 nitrogen and oxygen atoms in total. The zero-order valence-corrected chi connectivity index (χ0v) is 29.6. The molecule has 0 fully saturated rings. The summed E-state index contributed by atoms with van der Waals surface area (Å²) in [6.45, 7) is 23.4. The van der Waals surface area contributed by atoms with Gasteiger partial charge in [-0.1, -0.05) is 116 Å². The minimum absolute atomic E-state index is 0. The Labute approximate surface area is 260 Å². The molecule has 0 amide bonds. The third-order valence-corrected chi connectivity index (χ3v) is 8.45. The van der Waals surface area contributed by atoms with E-state index in [-0.39, 0.29) is 41.1 Å². The summed E-state index contributed by atoms with van der Waals surface area (Å²) in [6, 6.07) is 14.9. The fourth-order valence-corrected chi connectivity index (χ4v) is 6.25. The summed E-state index contributed by atoms with van der Waals surface area (Å²) < 4.78 is 0. The second-order valence-corrected chi connectivity index (χ2v) is 12.3. The van der Waals surface area contributed by atoms with E-state index in [1.54, 1.807) is 44.2 Å². The molecular formula is C38H54Zr. The van der Waals surface area contributed by atoms with E-state index < -0.39 is 0 Å². The predicted molar refractivity (Wildman–Crippen MR) is 174 cm³/mol. The molecule has 1 heteroatoms. The molecule has 0 unspecified atom stereocenters. The number of aryl methyl sites for hydroxylation is 4. The van der Waals surface area contributed by atoms with Crippen LogP contribution in [0.3, 0.4) is 0 Å². The summed E-state index contributed by atoms with van der Waals surface area (Å²) in [5.74, 6) is 2.18. The van der Waals surface area contributed by atoms with Crippen LogP contribution in [0, 0.1) is 14.9 Å². The van der Waals surface area contributed by atoms with E-state index in [4.69, 9.17) is 0 Å². The van der Waals surface area contributed by atoms with Crippen LogP contribution in [0.2, 0.25) is 0 Å². The van der Waals surface area contributed by atoms with Gasteiger partial charge in [0, 0.05) is 0 Å². The van der Waals surface area contributed by atoms with E-state index in [9.17, 15) is 0 Å². The molecule has 0 aromatic heterocycles. The van der Waals surface area contributed by atoms with Gasteiger partial charge >= 0.3 is 26.2 Å². The van der Waals surface area contributed by atoms with Crippen molar-refractivity contribution in [3.05, 3.63) is 95.8 Å². The van der Waals surface area contributed by atoms with Gasteiger partial charge in [0.2, 0.25) is 0 Å². The summed E-state index contributed by atoms with van der Waals surface area (Å²) >= 11 is 0. The molecule has 0 N–H and O–H groups in total. The molecule has 0 radical (unpaired) electrons. The van der Waals surface area contributed by atoms with Gasteiger partial charge in [-0.25, -0.2) is 0 Å². The molecule has 0 bridgehead atoms. The first-order valence-electron chi connectivity index (χ1n) is 14.6. The third kappa shape index (κ3) is 6.89. The Morgan fingerprint density at radius 2 is 0.872 bits per heavy atom. The molecule has 39 heavy (non-hydrogen) atoms. The zero-order valence-electron chi connectivity index (χ0n) is 27.1. The molecule has 0 atom stereocenters. The van der Waals surface area contributed by atoms with Crippen molar-refractivity contribution in [2.24, 2.45) is 0 Å². The molecule has 0 saturated heterocycles. The van der Waals surface area contributed by atoms with Crippen LogP contribution < -0.4 is 0 Å². The molecule has 0 aliphatic rings. The summed E-state index contributed by atoms with van der Waals surface area (Å²) in [7, 11) is 0. The molecule has 0 heterocycles. The van der Waals surface area contributed by atoms with Crippen LogP contribution in [0.25, 0.3) is 21.5 Å². The van der Waals surface area contributed by atoms with Gasteiger partial charge in [-0.05, 0) is 36.5 Å². The molecule has 4 aromatic carbocycles. The third-order valence-electron chi connectivity index (χ3n) is 8.45. The fourth-order valence-electron chi connectivity index (χ4n) is 6.25. The molecular weight excluding hydrogens is 548 g/mol. The van der Waals surface area contributed by atoms with E-state index >= 15 is 0 Å². The quantitative estimate of drug-likeness (QED) is 0.167. The van der Waals surface area contributed by atoms with E-state index in [1.165, 1.54) is 21.9 Å². The van der Waals surface area contributed by atoms with Crippen molar-refractivity contribution in [1.29, 1.82) is 0 Å². The number of hydrogen-bond donors (Lipinski definition) is 0. The first kappa shape index (κ1) is 35.6. The van der Waals surface area contributed by atoms with Crippen LogP contribution in [0.4, 0.5) is 0 Å². The number of benzene rings is 2. The SMILES string of the molecule is CCc1[cH-]c2cc(C(C)C)cc(C(C)C)c2c1CCc1c(CC)[cH-]c2cc(C(C)C)cc(C(C)C)c12.[CH3-].[CH3-].[Zr+4]. The van der Waals surface area contributed by atoms with Crippen molar-refractivity contribution in [3.63, 3.8) is 0 Å². The van der Waals surface area contributed by atoms with Gasteiger partial charge in [0.1, 0.15) is 0 Å². The zero-order chi connectivity index (χ0) is 26.3. The summed E-state index contributed by atoms with van der Waals surface area (Å²) in [5, 5.41) is 6.02. The van der Waals surface area contributed by atoms with Crippen molar-refractivity contribution < 1.29 is 26.2 Å². The van der Waals surface area contributed by atoms with Gasteiger partial charge in [-0.15, -0.1) is 56.9 Å². The van der Waals surface area contributed by atoms with Gasteiger partial charge in [-0.3, -0.25) is 0 Å². The van der Waals surface area contributed by atoms with Crippen LogP contribution in [-0.2, 0) is 51.9 Å². The largest absolute Gasteiger partial charge is 4.00 e. The van der Waals surface area contributed by atoms with Crippen LogP contribution in [-0.4, -0.2) is 0 Å². The Morgan fingerprint density at radius 1 is 0.538 bits per heavy atom. The van der Waals surface area contributed by atoms with Crippen molar-refractivity contribution in [2.45, 2.75) is 119 Å². The standard InChI is InChI=1S/C36H48.2CH3.Zr/c1-11-25-15-29-17-27(21(3)4)19-33(23(7)8)35(29)31(25)13-14-32-26(12-2)16-30-18-28(22(5)6)20-34(24(9)10)36(30)32;;;/h15-24H,11-14H2,1-10H3;2*1H3;/q-2;2*-1;+4. The van der Waals surface area contributed by atoms with Crippen LogP contribution in [0.5, 0.6) is 0 Å². The van der Waals surface area contributed by atoms with E-state index in [0.717, 1.165) is 25.7 Å².